The predicted octanol–water partition coefficient (Wildman–Crippen LogP) is 5.19. The van der Waals surface area contributed by atoms with Gasteiger partial charge in [0.25, 0.3) is 5.91 Å². The summed E-state index contributed by atoms with van der Waals surface area (Å²) in [5.74, 6) is 1.11. The summed E-state index contributed by atoms with van der Waals surface area (Å²) >= 11 is 1.74. The summed E-state index contributed by atoms with van der Waals surface area (Å²) in [6.45, 7) is 8.46. The molecule has 0 fully saturated rings. The van der Waals surface area contributed by atoms with Crippen molar-refractivity contribution in [3.63, 3.8) is 0 Å². The van der Waals surface area contributed by atoms with Crippen molar-refractivity contribution in [2.24, 2.45) is 5.92 Å². The van der Waals surface area contributed by atoms with Gasteiger partial charge in [-0.3, -0.25) is 4.79 Å². The van der Waals surface area contributed by atoms with E-state index in [9.17, 15) is 9.90 Å². The fourth-order valence-electron chi connectivity index (χ4n) is 3.95. The SMILES string of the molecule is CCC(CC)n1c(Cc2cccs2)nc2cc(C(=O)N[C@H](CO)[C@@H](C)CC)ccc21. The number of aliphatic hydroxyl groups excluding tert-OH is 1. The van der Waals surface area contributed by atoms with Crippen LogP contribution in [0, 0.1) is 5.92 Å². The van der Waals surface area contributed by atoms with Crippen molar-refractivity contribution in [3.05, 3.63) is 52.0 Å². The maximum Gasteiger partial charge on any atom is 0.251 e. The molecule has 5 nitrogen and oxygen atoms in total. The molecule has 0 spiro atoms. The van der Waals surface area contributed by atoms with E-state index in [-0.39, 0.29) is 24.5 Å². The summed E-state index contributed by atoms with van der Waals surface area (Å²) in [7, 11) is 0. The highest BCUT2D eigenvalue weighted by molar-refractivity contribution is 7.09. The first kappa shape index (κ1) is 22.5. The van der Waals surface area contributed by atoms with Crippen LogP contribution in [0.4, 0.5) is 0 Å². The van der Waals surface area contributed by atoms with Gasteiger partial charge in [0, 0.05) is 22.9 Å². The number of hydrogen-bond donors (Lipinski definition) is 2. The molecular formula is C24H33N3O2S. The molecule has 0 unspecified atom stereocenters. The van der Waals surface area contributed by atoms with Gasteiger partial charge >= 0.3 is 0 Å². The van der Waals surface area contributed by atoms with E-state index in [0.29, 0.717) is 11.6 Å². The van der Waals surface area contributed by atoms with Crippen molar-refractivity contribution in [1.29, 1.82) is 0 Å². The molecule has 30 heavy (non-hydrogen) atoms. The lowest BCUT2D eigenvalue weighted by atomic mass is 9.99. The average molecular weight is 428 g/mol. The van der Waals surface area contributed by atoms with Gasteiger partial charge in [0.1, 0.15) is 5.82 Å². The van der Waals surface area contributed by atoms with E-state index in [2.05, 4.69) is 48.2 Å². The topological polar surface area (TPSA) is 67.2 Å². The number of aromatic nitrogens is 2. The molecule has 0 saturated heterocycles. The van der Waals surface area contributed by atoms with Gasteiger partial charge in [0.05, 0.1) is 23.7 Å². The van der Waals surface area contributed by atoms with Gasteiger partial charge in [-0.15, -0.1) is 11.3 Å². The zero-order valence-electron chi connectivity index (χ0n) is 18.4. The molecule has 1 amide bonds. The van der Waals surface area contributed by atoms with E-state index in [1.54, 1.807) is 11.3 Å². The minimum absolute atomic E-state index is 0.0583. The van der Waals surface area contributed by atoms with Crippen molar-refractivity contribution in [2.75, 3.05) is 6.61 Å². The van der Waals surface area contributed by atoms with Crippen LogP contribution in [0.25, 0.3) is 11.0 Å². The quantitative estimate of drug-likeness (QED) is 0.468. The predicted molar refractivity (Wildman–Crippen MR) is 124 cm³/mol. The van der Waals surface area contributed by atoms with Gasteiger partial charge in [-0.25, -0.2) is 4.98 Å². The second-order valence-electron chi connectivity index (χ2n) is 7.98. The number of aliphatic hydroxyl groups is 1. The van der Waals surface area contributed by atoms with E-state index >= 15 is 0 Å². The number of nitrogens with zero attached hydrogens (tertiary/aromatic N) is 2. The fraction of sp³-hybridized carbons (Fsp3) is 0.500. The van der Waals surface area contributed by atoms with Crippen LogP contribution < -0.4 is 5.32 Å². The minimum Gasteiger partial charge on any atom is -0.394 e. The van der Waals surface area contributed by atoms with Crippen LogP contribution in [-0.4, -0.2) is 33.2 Å². The first-order valence-electron chi connectivity index (χ1n) is 11.0. The molecule has 162 valence electrons. The fourth-order valence-corrected chi connectivity index (χ4v) is 4.65. The Morgan fingerprint density at radius 3 is 2.57 bits per heavy atom. The summed E-state index contributed by atoms with van der Waals surface area (Å²) in [5, 5.41) is 14.7. The highest BCUT2D eigenvalue weighted by Crippen LogP contribution is 2.28. The van der Waals surface area contributed by atoms with Gasteiger partial charge in [-0.1, -0.05) is 40.2 Å². The number of amides is 1. The van der Waals surface area contributed by atoms with Crippen molar-refractivity contribution < 1.29 is 9.90 Å². The number of thiophene rings is 1. The molecule has 0 bridgehead atoms. The Bertz CT molecular complexity index is 960. The van der Waals surface area contributed by atoms with Crippen LogP contribution in [-0.2, 0) is 6.42 Å². The van der Waals surface area contributed by atoms with Crippen molar-refractivity contribution in [2.45, 2.75) is 65.5 Å². The Morgan fingerprint density at radius 2 is 1.97 bits per heavy atom. The second-order valence-corrected chi connectivity index (χ2v) is 9.01. The number of fused-ring (bicyclic) bond motifs is 1. The van der Waals surface area contributed by atoms with Gasteiger partial charge < -0.3 is 15.0 Å². The first-order valence-corrected chi connectivity index (χ1v) is 11.8. The number of carbonyl (C=O) groups is 1. The molecule has 3 aromatic rings. The van der Waals surface area contributed by atoms with Gasteiger partial charge in [-0.2, -0.15) is 0 Å². The van der Waals surface area contributed by atoms with Crippen LogP contribution >= 0.6 is 11.3 Å². The Hall–Kier alpha value is -2.18. The Morgan fingerprint density at radius 1 is 1.20 bits per heavy atom. The number of hydrogen-bond acceptors (Lipinski definition) is 4. The highest BCUT2D eigenvalue weighted by Gasteiger charge is 2.21. The summed E-state index contributed by atoms with van der Waals surface area (Å²) in [5.41, 5.74) is 2.51. The summed E-state index contributed by atoms with van der Waals surface area (Å²) in [6.07, 6.45) is 3.77. The zero-order chi connectivity index (χ0) is 21.7. The number of carbonyl (C=O) groups excluding carboxylic acids is 1. The third-order valence-corrected chi connectivity index (χ3v) is 6.97. The monoisotopic (exact) mass is 427 g/mol. The molecule has 2 N–H and O–H groups in total. The molecule has 0 radical (unpaired) electrons. The van der Waals surface area contributed by atoms with Crippen molar-refractivity contribution in [3.8, 4) is 0 Å². The molecule has 0 aliphatic rings. The molecule has 6 heteroatoms. The largest absolute Gasteiger partial charge is 0.394 e. The molecule has 2 atom stereocenters. The van der Waals surface area contributed by atoms with E-state index in [1.165, 1.54) is 4.88 Å². The smallest absolute Gasteiger partial charge is 0.251 e. The number of nitrogens with one attached hydrogen (secondary N) is 1. The summed E-state index contributed by atoms with van der Waals surface area (Å²) in [6, 6.07) is 10.1. The van der Waals surface area contributed by atoms with Crippen LogP contribution in [0.3, 0.4) is 0 Å². The van der Waals surface area contributed by atoms with Gasteiger partial charge in [0.2, 0.25) is 0 Å². The third-order valence-electron chi connectivity index (χ3n) is 6.09. The van der Waals surface area contributed by atoms with Crippen LogP contribution in [0.5, 0.6) is 0 Å². The minimum atomic E-state index is -0.241. The Labute approximate surface area is 183 Å². The molecule has 2 aromatic heterocycles. The normalized spacial score (nSPS) is 13.7. The van der Waals surface area contributed by atoms with E-state index in [1.807, 2.05) is 25.1 Å². The van der Waals surface area contributed by atoms with Crippen LogP contribution in [0.15, 0.2) is 35.7 Å². The Kier molecular flexibility index (Phi) is 7.67. The van der Waals surface area contributed by atoms with Gasteiger partial charge in [0.15, 0.2) is 0 Å². The molecule has 0 aliphatic carbocycles. The zero-order valence-corrected chi connectivity index (χ0v) is 19.2. The molecule has 0 aliphatic heterocycles. The van der Waals surface area contributed by atoms with Crippen molar-refractivity contribution >= 4 is 28.3 Å². The lowest BCUT2D eigenvalue weighted by molar-refractivity contribution is 0.0891. The molecule has 2 heterocycles. The maximum absolute atomic E-state index is 12.8. The average Bonchev–Trinajstić information content (AvgIpc) is 3.40. The number of imidazole rings is 1. The third kappa shape index (κ3) is 4.76. The lowest BCUT2D eigenvalue weighted by Crippen LogP contribution is -2.41. The molecule has 0 saturated carbocycles. The second kappa shape index (κ2) is 10.2. The molecule has 1 aromatic carbocycles. The van der Waals surface area contributed by atoms with E-state index in [4.69, 9.17) is 4.98 Å². The van der Waals surface area contributed by atoms with Crippen molar-refractivity contribution in [1.82, 2.24) is 14.9 Å². The van der Waals surface area contributed by atoms with E-state index in [0.717, 1.165) is 42.5 Å². The summed E-state index contributed by atoms with van der Waals surface area (Å²) < 4.78 is 2.35. The van der Waals surface area contributed by atoms with Gasteiger partial charge in [-0.05, 0) is 48.4 Å². The van der Waals surface area contributed by atoms with Crippen LogP contribution in [0.1, 0.15) is 74.1 Å². The standard InChI is InChI=1S/C24H33N3O2S/c1-5-16(4)21(15-28)26-24(29)17-10-11-22-20(13-17)25-23(14-19-9-8-12-30-19)27(22)18(6-2)7-3/h8-13,16,18,21,28H,5-7,14-15H2,1-4H3,(H,26,29)/t16-,21+/m0/s1. The summed E-state index contributed by atoms with van der Waals surface area (Å²) in [4.78, 5) is 19.0. The number of rotatable bonds is 10. The number of benzene rings is 1. The maximum atomic E-state index is 12.8. The highest BCUT2D eigenvalue weighted by atomic mass is 32.1. The first-order chi connectivity index (χ1) is 14.5. The lowest BCUT2D eigenvalue weighted by Gasteiger charge is -2.22. The van der Waals surface area contributed by atoms with Crippen LogP contribution in [0.2, 0.25) is 0 Å². The Balaban J connectivity index is 1.96. The molecule has 3 rings (SSSR count). The molecular weight excluding hydrogens is 394 g/mol. The van der Waals surface area contributed by atoms with E-state index < -0.39 is 0 Å².